The van der Waals surface area contributed by atoms with Gasteiger partial charge in [0, 0.05) is 18.6 Å². The molecule has 0 radical (unpaired) electrons. The van der Waals surface area contributed by atoms with E-state index in [-0.39, 0.29) is 18.4 Å². The number of benzene rings is 2. The molecule has 5 nitrogen and oxygen atoms in total. The minimum atomic E-state index is -0.596. The van der Waals surface area contributed by atoms with Crippen LogP contribution in [0.1, 0.15) is 24.5 Å². The second kappa shape index (κ2) is 10.3. The summed E-state index contributed by atoms with van der Waals surface area (Å²) >= 11 is 12.0. The lowest BCUT2D eigenvalue weighted by atomic mass is 10.1. The van der Waals surface area contributed by atoms with Gasteiger partial charge in [-0.25, -0.2) is 0 Å². The zero-order valence-corrected chi connectivity index (χ0v) is 17.7. The van der Waals surface area contributed by atoms with Gasteiger partial charge in [-0.15, -0.1) is 0 Å². The van der Waals surface area contributed by atoms with Gasteiger partial charge in [-0.2, -0.15) is 0 Å². The van der Waals surface area contributed by atoms with Gasteiger partial charge in [0.2, 0.25) is 5.91 Å². The molecule has 0 heterocycles. The zero-order chi connectivity index (χ0) is 20.7. The van der Waals surface area contributed by atoms with E-state index >= 15 is 0 Å². The van der Waals surface area contributed by atoms with Crippen molar-refractivity contribution >= 4 is 35.0 Å². The highest BCUT2D eigenvalue weighted by molar-refractivity contribution is 6.35. The summed E-state index contributed by atoms with van der Waals surface area (Å²) in [5, 5.41) is 3.44. The van der Waals surface area contributed by atoms with Crippen molar-refractivity contribution in [1.29, 1.82) is 0 Å². The Labute approximate surface area is 175 Å². The van der Waals surface area contributed by atoms with Gasteiger partial charge in [-0.05, 0) is 42.7 Å². The van der Waals surface area contributed by atoms with Crippen molar-refractivity contribution in [3.8, 4) is 5.75 Å². The van der Waals surface area contributed by atoms with Gasteiger partial charge in [0.25, 0.3) is 5.91 Å². The second-order valence-electron chi connectivity index (χ2n) is 6.35. The summed E-state index contributed by atoms with van der Waals surface area (Å²) in [6, 6.07) is 12.0. The molecule has 28 heavy (non-hydrogen) atoms. The predicted molar refractivity (Wildman–Crippen MR) is 112 cm³/mol. The Hall–Kier alpha value is -2.24. The van der Waals surface area contributed by atoms with Crippen LogP contribution in [0.25, 0.3) is 0 Å². The predicted octanol–water partition coefficient (Wildman–Crippen LogP) is 4.23. The van der Waals surface area contributed by atoms with Crippen molar-refractivity contribution in [2.24, 2.45) is 0 Å². The standard InChI is InChI=1S/C21H24Cl2N2O3/c1-4-18(21(27)24-3)25(12-15-8-6-5-7-14(15)2)20(26)13-28-19-10-9-16(22)11-17(19)23/h5-11,18H,4,12-13H2,1-3H3,(H,24,27)/t18-/m0/s1. The number of amides is 2. The van der Waals surface area contributed by atoms with Gasteiger partial charge in [-0.1, -0.05) is 54.4 Å². The highest BCUT2D eigenvalue weighted by atomic mass is 35.5. The van der Waals surface area contributed by atoms with Crippen LogP contribution in [0, 0.1) is 6.92 Å². The summed E-state index contributed by atoms with van der Waals surface area (Å²) < 4.78 is 5.60. The second-order valence-corrected chi connectivity index (χ2v) is 7.19. The molecule has 1 atom stereocenters. The summed E-state index contributed by atoms with van der Waals surface area (Å²) in [6.45, 7) is 3.92. The lowest BCUT2D eigenvalue weighted by Crippen LogP contribution is -2.49. The lowest BCUT2D eigenvalue weighted by Gasteiger charge is -2.30. The molecule has 0 fully saturated rings. The molecular formula is C21H24Cl2N2O3. The van der Waals surface area contributed by atoms with Crippen LogP contribution in [0.4, 0.5) is 0 Å². The maximum absolute atomic E-state index is 13.0. The van der Waals surface area contributed by atoms with Crippen LogP contribution < -0.4 is 10.1 Å². The number of aryl methyl sites for hydroxylation is 1. The molecule has 0 bridgehead atoms. The Morgan fingerprint density at radius 2 is 1.89 bits per heavy atom. The quantitative estimate of drug-likeness (QED) is 0.691. The largest absolute Gasteiger partial charge is 0.482 e. The van der Waals surface area contributed by atoms with Crippen molar-refractivity contribution in [2.45, 2.75) is 32.9 Å². The average molecular weight is 423 g/mol. The first-order valence-corrected chi connectivity index (χ1v) is 9.76. The number of nitrogens with zero attached hydrogens (tertiary/aromatic N) is 1. The third-order valence-electron chi connectivity index (χ3n) is 4.48. The summed E-state index contributed by atoms with van der Waals surface area (Å²) in [7, 11) is 1.56. The van der Waals surface area contributed by atoms with Crippen molar-refractivity contribution in [3.05, 3.63) is 63.6 Å². The highest BCUT2D eigenvalue weighted by Gasteiger charge is 2.28. The zero-order valence-electron chi connectivity index (χ0n) is 16.2. The van der Waals surface area contributed by atoms with Gasteiger partial charge < -0.3 is 15.0 Å². The van der Waals surface area contributed by atoms with Crippen LogP contribution in [-0.4, -0.2) is 36.4 Å². The van der Waals surface area contributed by atoms with Crippen molar-refractivity contribution in [1.82, 2.24) is 10.2 Å². The number of halogens is 2. The topological polar surface area (TPSA) is 58.6 Å². The molecule has 0 aliphatic rings. The van der Waals surface area contributed by atoms with Crippen LogP contribution in [0.2, 0.25) is 10.0 Å². The van der Waals surface area contributed by atoms with Gasteiger partial charge in [0.1, 0.15) is 11.8 Å². The smallest absolute Gasteiger partial charge is 0.261 e. The van der Waals surface area contributed by atoms with Crippen LogP contribution in [0.3, 0.4) is 0 Å². The van der Waals surface area contributed by atoms with Gasteiger partial charge >= 0.3 is 0 Å². The number of hydrogen-bond acceptors (Lipinski definition) is 3. The lowest BCUT2D eigenvalue weighted by molar-refractivity contribution is -0.142. The van der Waals surface area contributed by atoms with Crippen LogP contribution in [-0.2, 0) is 16.1 Å². The van der Waals surface area contributed by atoms with E-state index in [1.165, 1.54) is 0 Å². The number of rotatable bonds is 8. The maximum Gasteiger partial charge on any atom is 0.261 e. The molecule has 2 amide bonds. The first-order chi connectivity index (χ1) is 13.4. The first kappa shape index (κ1) is 22.1. The van der Waals surface area contributed by atoms with Crippen molar-refractivity contribution in [3.63, 3.8) is 0 Å². The van der Waals surface area contributed by atoms with E-state index in [2.05, 4.69) is 5.32 Å². The maximum atomic E-state index is 13.0. The molecule has 0 aromatic heterocycles. The molecule has 2 aromatic rings. The van der Waals surface area contributed by atoms with E-state index in [1.807, 2.05) is 38.1 Å². The van der Waals surface area contributed by atoms with E-state index < -0.39 is 6.04 Å². The van der Waals surface area contributed by atoms with Gasteiger partial charge in [0.15, 0.2) is 6.61 Å². The molecule has 7 heteroatoms. The molecule has 0 unspecified atom stereocenters. The minimum Gasteiger partial charge on any atom is -0.482 e. The Morgan fingerprint density at radius 3 is 2.50 bits per heavy atom. The Bertz CT molecular complexity index is 842. The van der Waals surface area contributed by atoms with Crippen molar-refractivity contribution < 1.29 is 14.3 Å². The molecule has 1 N–H and O–H groups in total. The molecule has 150 valence electrons. The van der Waals surface area contributed by atoms with Crippen LogP contribution in [0.15, 0.2) is 42.5 Å². The normalized spacial score (nSPS) is 11.6. The van der Waals surface area contributed by atoms with E-state index in [0.717, 1.165) is 11.1 Å². The van der Waals surface area contributed by atoms with E-state index in [9.17, 15) is 9.59 Å². The fraction of sp³-hybridized carbons (Fsp3) is 0.333. The summed E-state index contributed by atoms with van der Waals surface area (Å²) in [6.07, 6.45) is 0.485. The fourth-order valence-corrected chi connectivity index (χ4v) is 3.33. The van der Waals surface area contributed by atoms with E-state index in [0.29, 0.717) is 28.8 Å². The Kier molecular flexibility index (Phi) is 8.15. The van der Waals surface area contributed by atoms with E-state index in [1.54, 1.807) is 30.1 Å². The summed E-state index contributed by atoms with van der Waals surface area (Å²) in [4.78, 5) is 26.9. The molecule has 0 saturated heterocycles. The third-order valence-corrected chi connectivity index (χ3v) is 5.01. The third kappa shape index (κ3) is 5.63. The molecule has 0 aliphatic carbocycles. The van der Waals surface area contributed by atoms with E-state index in [4.69, 9.17) is 27.9 Å². The SMILES string of the molecule is CC[C@@H](C(=O)NC)N(Cc1ccccc1C)C(=O)COc1ccc(Cl)cc1Cl. The molecular weight excluding hydrogens is 399 g/mol. The molecule has 0 aliphatic heterocycles. The number of nitrogens with one attached hydrogen (secondary N) is 1. The number of carbonyl (C=O) groups is 2. The minimum absolute atomic E-state index is 0.214. The summed E-state index contributed by atoms with van der Waals surface area (Å²) in [5.41, 5.74) is 2.02. The summed E-state index contributed by atoms with van der Waals surface area (Å²) in [5.74, 6) is -0.151. The monoisotopic (exact) mass is 422 g/mol. The van der Waals surface area contributed by atoms with Gasteiger partial charge in [-0.3, -0.25) is 9.59 Å². The number of likely N-dealkylation sites (N-methyl/N-ethyl adjacent to an activating group) is 1. The number of ether oxygens (including phenoxy) is 1. The molecule has 0 saturated carbocycles. The number of carbonyl (C=O) groups excluding carboxylic acids is 2. The molecule has 0 spiro atoms. The van der Waals surface area contributed by atoms with Crippen molar-refractivity contribution in [2.75, 3.05) is 13.7 Å². The molecule has 2 aromatic carbocycles. The fourth-order valence-electron chi connectivity index (χ4n) is 2.87. The Balaban J connectivity index is 2.22. The highest BCUT2D eigenvalue weighted by Crippen LogP contribution is 2.27. The van der Waals surface area contributed by atoms with Gasteiger partial charge in [0.05, 0.1) is 5.02 Å². The molecule has 2 rings (SSSR count). The van der Waals surface area contributed by atoms with Crippen LogP contribution >= 0.6 is 23.2 Å². The average Bonchev–Trinajstić information content (AvgIpc) is 2.68. The Morgan fingerprint density at radius 1 is 1.18 bits per heavy atom. The first-order valence-electron chi connectivity index (χ1n) is 9.00. The van der Waals surface area contributed by atoms with Crippen LogP contribution in [0.5, 0.6) is 5.75 Å². The number of hydrogen-bond donors (Lipinski definition) is 1.